The van der Waals surface area contributed by atoms with E-state index in [0.29, 0.717) is 0 Å². The van der Waals surface area contributed by atoms with Crippen LogP contribution in [0.15, 0.2) is 0 Å². The molecule has 1 heterocycles. The van der Waals surface area contributed by atoms with Gasteiger partial charge in [-0.3, -0.25) is 16.0 Å². The first-order valence-electron chi connectivity index (χ1n) is 11.5. The van der Waals surface area contributed by atoms with Gasteiger partial charge < -0.3 is 14.2 Å². The van der Waals surface area contributed by atoms with E-state index in [2.05, 4.69) is 49.5 Å². The number of aromatic nitrogens is 3. The molecule has 3 N–H and O–H groups in total. The second-order valence-electron chi connectivity index (χ2n) is 7.27. The molecule has 0 bridgehead atoms. The van der Waals surface area contributed by atoms with Crippen LogP contribution >= 0.6 is 0 Å². The van der Waals surface area contributed by atoms with E-state index in [1.54, 1.807) is 0 Å². The average molecular weight is 469 g/mol. The number of hydrogen-bond donors (Lipinski definition) is 3. The van der Waals surface area contributed by atoms with Gasteiger partial charge in [0.2, 0.25) is 17.8 Å². The lowest BCUT2D eigenvalue weighted by molar-refractivity contribution is 0.158. The van der Waals surface area contributed by atoms with E-state index in [1.807, 2.05) is 0 Å². The highest BCUT2D eigenvalue weighted by molar-refractivity contribution is 5.86. The summed E-state index contributed by atoms with van der Waals surface area (Å²) in [6, 6.07) is 0. The lowest BCUT2D eigenvalue weighted by Crippen LogP contribution is -2.22. The Morgan fingerprint density at radius 3 is 1.33 bits per heavy atom. The van der Waals surface area contributed by atoms with Crippen molar-refractivity contribution in [3.63, 3.8) is 0 Å². The van der Waals surface area contributed by atoms with Gasteiger partial charge in [-0.25, -0.2) is 14.4 Å². The van der Waals surface area contributed by atoms with Gasteiger partial charge in [-0.05, 0) is 12.8 Å². The smallest absolute Gasteiger partial charge is 0.414 e. The fourth-order valence-corrected chi connectivity index (χ4v) is 2.68. The lowest BCUT2D eigenvalue weighted by Gasteiger charge is -2.10. The summed E-state index contributed by atoms with van der Waals surface area (Å²) >= 11 is 0. The Balaban J connectivity index is 2.63. The first-order chi connectivity index (χ1) is 16.0. The summed E-state index contributed by atoms with van der Waals surface area (Å²) in [7, 11) is 1.17. The van der Waals surface area contributed by atoms with Gasteiger partial charge in [0.25, 0.3) is 0 Å². The van der Waals surface area contributed by atoms with Crippen molar-refractivity contribution in [2.75, 3.05) is 36.3 Å². The summed E-state index contributed by atoms with van der Waals surface area (Å²) in [6.45, 7) is 4.76. The van der Waals surface area contributed by atoms with Crippen LogP contribution in [0.25, 0.3) is 0 Å². The number of nitrogens with one attached hydrogen (secondary N) is 3. The zero-order chi connectivity index (χ0) is 24.3. The van der Waals surface area contributed by atoms with Crippen molar-refractivity contribution < 1.29 is 28.6 Å². The quantitative estimate of drug-likeness (QED) is 0.236. The number of amides is 3. The Morgan fingerprint density at radius 2 is 0.970 bits per heavy atom. The van der Waals surface area contributed by atoms with Gasteiger partial charge in [-0.15, -0.1) is 0 Å². The molecule has 33 heavy (non-hydrogen) atoms. The van der Waals surface area contributed by atoms with Gasteiger partial charge in [0, 0.05) is 0 Å². The molecule has 1 aromatic heterocycles. The summed E-state index contributed by atoms with van der Waals surface area (Å²) in [5.74, 6) is -0.675. The molecule has 1 rings (SSSR count). The Bertz CT molecular complexity index is 685. The lowest BCUT2D eigenvalue weighted by atomic mass is 10.2. The molecule has 12 nitrogen and oxygen atoms in total. The zero-order valence-electron chi connectivity index (χ0n) is 19.8. The van der Waals surface area contributed by atoms with E-state index in [9.17, 15) is 14.4 Å². The van der Waals surface area contributed by atoms with Gasteiger partial charge >= 0.3 is 18.3 Å². The molecule has 0 aromatic carbocycles. The number of carbonyl (C=O) groups excluding carboxylic acids is 3. The molecule has 3 amide bonds. The molecule has 0 radical (unpaired) electrons. The molecule has 12 heteroatoms. The van der Waals surface area contributed by atoms with Crippen LogP contribution in [0.4, 0.5) is 32.2 Å². The fraction of sp³-hybridized carbons (Fsp3) is 0.714. The molecule has 0 unspecified atom stereocenters. The van der Waals surface area contributed by atoms with Gasteiger partial charge in [0.1, 0.15) is 0 Å². The maximum absolute atomic E-state index is 12.0. The molecule has 1 aromatic rings. The highest BCUT2D eigenvalue weighted by Gasteiger charge is 2.15. The minimum atomic E-state index is -0.831. The Kier molecular flexibility index (Phi) is 14.7. The molecule has 0 aliphatic carbocycles. The molecule has 0 atom stereocenters. The molecule has 186 valence electrons. The van der Waals surface area contributed by atoms with Crippen molar-refractivity contribution in [1.29, 1.82) is 0 Å². The number of hydrogen-bond acceptors (Lipinski definition) is 9. The van der Waals surface area contributed by atoms with Gasteiger partial charge in [0.15, 0.2) is 0 Å². The predicted octanol–water partition coefficient (Wildman–Crippen LogP) is 5.09. The highest BCUT2D eigenvalue weighted by atomic mass is 16.6. The number of carbonyl (C=O) groups is 3. The predicted molar refractivity (Wildman–Crippen MR) is 123 cm³/mol. The van der Waals surface area contributed by atoms with Crippen LogP contribution in [0.1, 0.15) is 78.1 Å². The second kappa shape index (κ2) is 17.4. The van der Waals surface area contributed by atoms with Crippen LogP contribution in [0.3, 0.4) is 0 Å². The Morgan fingerprint density at radius 1 is 0.606 bits per heavy atom. The molecular weight excluding hydrogens is 432 g/mol. The van der Waals surface area contributed by atoms with Crippen molar-refractivity contribution in [1.82, 2.24) is 15.0 Å². The monoisotopic (exact) mass is 468 g/mol. The minimum absolute atomic E-state index is 0.220. The van der Waals surface area contributed by atoms with Crippen molar-refractivity contribution in [2.45, 2.75) is 78.1 Å². The summed E-state index contributed by atoms with van der Waals surface area (Å²) in [5.41, 5.74) is 0. The third-order valence-corrected chi connectivity index (χ3v) is 4.42. The van der Waals surface area contributed by atoms with E-state index in [0.717, 1.165) is 64.2 Å². The maximum Gasteiger partial charge on any atom is 0.414 e. The van der Waals surface area contributed by atoms with Crippen LogP contribution in [0.5, 0.6) is 0 Å². The number of anilines is 3. The van der Waals surface area contributed by atoms with Crippen LogP contribution < -0.4 is 16.0 Å². The van der Waals surface area contributed by atoms with E-state index in [1.165, 1.54) is 7.11 Å². The molecule has 0 aliphatic heterocycles. The van der Waals surface area contributed by atoms with Crippen molar-refractivity contribution >= 4 is 36.1 Å². The van der Waals surface area contributed by atoms with Gasteiger partial charge in [0.05, 0.1) is 20.3 Å². The largest absolute Gasteiger partial charge is 0.453 e. The Labute approximate surface area is 194 Å². The zero-order valence-corrected chi connectivity index (χ0v) is 19.8. The molecule has 0 saturated heterocycles. The molecule has 0 aliphatic rings. The number of unbranched alkanes of at least 4 members (excludes halogenated alkanes) is 8. The first-order valence-corrected chi connectivity index (χ1v) is 11.5. The summed E-state index contributed by atoms with van der Waals surface area (Å²) in [6.07, 6.45) is 7.79. The van der Waals surface area contributed by atoms with Crippen molar-refractivity contribution in [3.8, 4) is 0 Å². The third kappa shape index (κ3) is 13.8. The van der Waals surface area contributed by atoms with E-state index in [4.69, 9.17) is 9.47 Å². The summed E-state index contributed by atoms with van der Waals surface area (Å²) in [4.78, 5) is 47.3. The molecule has 0 spiro atoms. The van der Waals surface area contributed by atoms with Gasteiger partial charge in [-0.2, -0.15) is 15.0 Å². The number of methoxy groups -OCH3 is 1. The number of rotatable bonds is 15. The first kappa shape index (κ1) is 27.9. The van der Waals surface area contributed by atoms with Crippen LogP contribution in [-0.2, 0) is 14.2 Å². The van der Waals surface area contributed by atoms with Crippen LogP contribution in [-0.4, -0.2) is 53.6 Å². The summed E-state index contributed by atoms with van der Waals surface area (Å²) in [5, 5.41) is 6.96. The third-order valence-electron chi connectivity index (χ3n) is 4.42. The van der Waals surface area contributed by atoms with Crippen molar-refractivity contribution in [2.24, 2.45) is 0 Å². The highest BCUT2D eigenvalue weighted by Crippen LogP contribution is 2.11. The molecule has 0 saturated carbocycles. The topological polar surface area (TPSA) is 154 Å². The minimum Gasteiger partial charge on any atom is -0.453 e. The normalized spacial score (nSPS) is 10.3. The second-order valence-corrected chi connectivity index (χ2v) is 7.27. The van der Waals surface area contributed by atoms with Crippen LogP contribution in [0.2, 0.25) is 0 Å². The number of ether oxygens (including phenoxy) is 3. The fourth-order valence-electron chi connectivity index (χ4n) is 2.68. The Hall–Kier alpha value is -3.18. The maximum atomic E-state index is 12.0. The standard InChI is InChI=1S/C21H36N6O6/c1-4-6-8-10-12-14-32-20(29)26-17-22-16(25-19(28)31-3)23-18(24-17)27-21(30)33-15-13-11-9-7-5-2/h4-15H2,1-3H3,(H3,22,23,24,25,26,27,28,29,30). The summed E-state index contributed by atoms with van der Waals surface area (Å²) < 4.78 is 14.7. The van der Waals surface area contributed by atoms with Crippen LogP contribution in [0, 0.1) is 0 Å². The van der Waals surface area contributed by atoms with E-state index >= 15 is 0 Å². The average Bonchev–Trinajstić information content (AvgIpc) is 2.78. The number of nitrogens with zero attached hydrogens (tertiary/aromatic N) is 3. The molecular formula is C21H36N6O6. The van der Waals surface area contributed by atoms with E-state index in [-0.39, 0.29) is 31.1 Å². The molecule has 0 fully saturated rings. The SMILES string of the molecule is CCCCCCCOC(=O)Nc1nc(NC(=O)OC)nc(NC(=O)OCCCCCCC)n1. The van der Waals surface area contributed by atoms with Crippen molar-refractivity contribution in [3.05, 3.63) is 0 Å². The van der Waals surface area contributed by atoms with E-state index < -0.39 is 18.3 Å². The van der Waals surface area contributed by atoms with Gasteiger partial charge in [-0.1, -0.05) is 65.2 Å².